The summed E-state index contributed by atoms with van der Waals surface area (Å²) in [6.45, 7) is 0. The van der Waals surface area contributed by atoms with Crippen LogP contribution in [0.25, 0.3) is 6.08 Å². The lowest BCUT2D eigenvalue weighted by atomic mass is 10.1. The number of hydrogen-bond donors (Lipinski definition) is 1. The Kier molecular flexibility index (Phi) is 5.65. The van der Waals surface area contributed by atoms with Gasteiger partial charge in [-0.3, -0.25) is 0 Å². The van der Waals surface area contributed by atoms with Gasteiger partial charge in [-0.25, -0.2) is 9.18 Å². The molecule has 0 aromatic heterocycles. The van der Waals surface area contributed by atoms with E-state index in [9.17, 15) is 9.18 Å². The summed E-state index contributed by atoms with van der Waals surface area (Å²) in [6, 6.07) is 4.73. The highest BCUT2D eigenvalue weighted by molar-refractivity contribution is 7.98. The molecule has 1 aliphatic carbocycles. The SMILES string of the molecule is O=C(O)C=Cc1cc(F)cc(CSCC2CCCC2)c1. The Morgan fingerprint density at radius 2 is 2.10 bits per heavy atom. The van der Waals surface area contributed by atoms with E-state index in [2.05, 4.69) is 0 Å². The molecule has 0 radical (unpaired) electrons. The number of halogens is 1. The Hall–Kier alpha value is -1.29. The van der Waals surface area contributed by atoms with Gasteiger partial charge in [-0.2, -0.15) is 11.8 Å². The zero-order valence-corrected chi connectivity index (χ0v) is 12.2. The predicted octanol–water partition coefficient (Wildman–Crippen LogP) is 4.35. The number of carboxylic acid groups (broad SMARTS) is 1. The van der Waals surface area contributed by atoms with Crippen LogP contribution in [0, 0.1) is 11.7 Å². The van der Waals surface area contributed by atoms with Crippen LogP contribution < -0.4 is 0 Å². The van der Waals surface area contributed by atoms with Crippen LogP contribution in [0.3, 0.4) is 0 Å². The first-order valence-corrected chi connectivity index (χ1v) is 8.07. The van der Waals surface area contributed by atoms with E-state index in [-0.39, 0.29) is 5.82 Å². The number of aliphatic carboxylic acids is 1. The van der Waals surface area contributed by atoms with Gasteiger partial charge in [-0.15, -0.1) is 0 Å². The van der Waals surface area contributed by atoms with Crippen molar-refractivity contribution in [3.8, 4) is 0 Å². The van der Waals surface area contributed by atoms with Crippen LogP contribution in [0.1, 0.15) is 36.8 Å². The van der Waals surface area contributed by atoms with Gasteiger partial charge in [0.1, 0.15) is 5.82 Å². The summed E-state index contributed by atoms with van der Waals surface area (Å²) >= 11 is 1.84. The maximum Gasteiger partial charge on any atom is 0.328 e. The topological polar surface area (TPSA) is 37.3 Å². The van der Waals surface area contributed by atoms with Gasteiger partial charge >= 0.3 is 5.97 Å². The maximum atomic E-state index is 13.5. The highest BCUT2D eigenvalue weighted by Crippen LogP contribution is 2.29. The molecule has 20 heavy (non-hydrogen) atoms. The average molecular weight is 294 g/mol. The Labute approximate surface area is 123 Å². The van der Waals surface area contributed by atoms with E-state index >= 15 is 0 Å². The third kappa shape index (κ3) is 5.00. The first-order chi connectivity index (χ1) is 9.63. The zero-order valence-electron chi connectivity index (χ0n) is 11.3. The highest BCUT2D eigenvalue weighted by atomic mass is 32.2. The Bertz CT molecular complexity index is 493. The molecule has 0 saturated heterocycles. The smallest absolute Gasteiger partial charge is 0.328 e. The number of benzene rings is 1. The molecule has 1 aliphatic rings. The van der Waals surface area contributed by atoms with Crippen LogP contribution in [0.4, 0.5) is 4.39 Å². The van der Waals surface area contributed by atoms with E-state index in [1.807, 2.05) is 17.8 Å². The zero-order chi connectivity index (χ0) is 14.4. The first kappa shape index (κ1) is 15.1. The number of thioether (sulfide) groups is 1. The monoisotopic (exact) mass is 294 g/mol. The van der Waals surface area contributed by atoms with Gasteiger partial charge < -0.3 is 5.11 Å². The molecule has 1 fully saturated rings. The quantitative estimate of drug-likeness (QED) is 0.793. The second-order valence-corrected chi connectivity index (χ2v) is 6.26. The fourth-order valence-corrected chi connectivity index (χ4v) is 3.73. The Morgan fingerprint density at radius 3 is 2.80 bits per heavy atom. The highest BCUT2D eigenvalue weighted by Gasteiger charge is 2.14. The fraction of sp³-hybridized carbons (Fsp3) is 0.438. The largest absolute Gasteiger partial charge is 0.478 e. The summed E-state index contributed by atoms with van der Waals surface area (Å²) in [5.41, 5.74) is 1.52. The van der Waals surface area contributed by atoms with E-state index < -0.39 is 5.97 Å². The van der Waals surface area contributed by atoms with Crippen molar-refractivity contribution in [2.75, 3.05) is 5.75 Å². The molecule has 0 atom stereocenters. The summed E-state index contributed by atoms with van der Waals surface area (Å²) in [5, 5.41) is 8.59. The molecule has 2 nitrogen and oxygen atoms in total. The van der Waals surface area contributed by atoms with Crippen molar-refractivity contribution < 1.29 is 14.3 Å². The van der Waals surface area contributed by atoms with E-state index in [1.165, 1.54) is 43.9 Å². The fourth-order valence-electron chi connectivity index (χ4n) is 2.54. The lowest BCUT2D eigenvalue weighted by molar-refractivity contribution is -0.131. The molecule has 1 aromatic rings. The van der Waals surface area contributed by atoms with Gasteiger partial charge in [0.05, 0.1) is 0 Å². The van der Waals surface area contributed by atoms with Crippen LogP contribution in [0.2, 0.25) is 0 Å². The van der Waals surface area contributed by atoms with Crippen LogP contribution in [0.5, 0.6) is 0 Å². The van der Waals surface area contributed by atoms with Crippen LogP contribution in [0.15, 0.2) is 24.3 Å². The van der Waals surface area contributed by atoms with Gasteiger partial charge in [0.25, 0.3) is 0 Å². The van der Waals surface area contributed by atoms with E-state index in [1.54, 1.807) is 0 Å². The maximum absolute atomic E-state index is 13.5. The summed E-state index contributed by atoms with van der Waals surface area (Å²) in [5.74, 6) is 1.40. The van der Waals surface area contributed by atoms with Crippen LogP contribution in [-0.4, -0.2) is 16.8 Å². The van der Waals surface area contributed by atoms with Crippen molar-refractivity contribution in [1.29, 1.82) is 0 Å². The van der Waals surface area contributed by atoms with Crippen molar-refractivity contribution in [2.45, 2.75) is 31.4 Å². The van der Waals surface area contributed by atoms with Crippen molar-refractivity contribution in [2.24, 2.45) is 5.92 Å². The second-order valence-electron chi connectivity index (χ2n) is 5.23. The lowest BCUT2D eigenvalue weighted by Gasteiger charge is -2.08. The molecule has 2 rings (SSSR count). The first-order valence-electron chi connectivity index (χ1n) is 6.92. The van der Waals surface area contributed by atoms with E-state index in [0.29, 0.717) is 5.56 Å². The average Bonchev–Trinajstić information content (AvgIpc) is 2.89. The molecular formula is C16H19FO2S. The van der Waals surface area contributed by atoms with Crippen LogP contribution in [-0.2, 0) is 10.5 Å². The second kappa shape index (κ2) is 7.48. The van der Waals surface area contributed by atoms with Crippen LogP contribution >= 0.6 is 11.8 Å². The molecule has 1 aromatic carbocycles. The minimum absolute atomic E-state index is 0.311. The predicted molar refractivity (Wildman–Crippen MR) is 81.2 cm³/mol. The molecule has 0 amide bonds. The van der Waals surface area contributed by atoms with Crippen molar-refractivity contribution in [3.63, 3.8) is 0 Å². The molecule has 0 aliphatic heterocycles. The van der Waals surface area contributed by atoms with E-state index in [4.69, 9.17) is 5.11 Å². The number of rotatable bonds is 6. The molecule has 108 valence electrons. The summed E-state index contributed by atoms with van der Waals surface area (Å²) in [6.07, 6.45) is 7.79. The Morgan fingerprint density at radius 1 is 1.35 bits per heavy atom. The van der Waals surface area contributed by atoms with Gasteiger partial charge in [-0.05, 0) is 53.8 Å². The number of carbonyl (C=O) groups is 1. The molecule has 0 unspecified atom stereocenters. The molecule has 1 N–H and O–H groups in total. The van der Waals surface area contributed by atoms with Gasteiger partial charge in [0.2, 0.25) is 0 Å². The molecule has 4 heteroatoms. The standard InChI is InChI=1S/C16H19FO2S/c17-15-8-13(5-6-16(18)19)7-14(9-15)11-20-10-12-3-1-2-4-12/h5-9,12H,1-4,10-11H2,(H,18,19). The van der Waals surface area contributed by atoms with Crippen molar-refractivity contribution in [3.05, 3.63) is 41.2 Å². The molecule has 0 spiro atoms. The third-order valence-electron chi connectivity index (χ3n) is 3.50. The normalized spacial score (nSPS) is 16.1. The van der Waals surface area contributed by atoms with Crippen molar-refractivity contribution in [1.82, 2.24) is 0 Å². The van der Waals surface area contributed by atoms with Gasteiger partial charge in [-0.1, -0.05) is 18.9 Å². The minimum atomic E-state index is -1.02. The van der Waals surface area contributed by atoms with Gasteiger partial charge in [0.15, 0.2) is 0 Å². The summed E-state index contributed by atoms with van der Waals surface area (Å²) in [4.78, 5) is 10.5. The number of hydrogen-bond acceptors (Lipinski definition) is 2. The van der Waals surface area contributed by atoms with Gasteiger partial charge in [0, 0.05) is 11.8 Å². The summed E-state index contributed by atoms with van der Waals surface area (Å²) in [7, 11) is 0. The molecule has 0 heterocycles. The molecule has 0 bridgehead atoms. The number of carboxylic acids is 1. The van der Waals surface area contributed by atoms with E-state index in [0.717, 1.165) is 29.1 Å². The molecular weight excluding hydrogens is 275 g/mol. The Balaban J connectivity index is 1.91. The summed E-state index contributed by atoms with van der Waals surface area (Å²) < 4.78 is 13.5. The third-order valence-corrected chi connectivity index (χ3v) is 4.74. The molecule has 1 saturated carbocycles. The van der Waals surface area contributed by atoms with Crippen molar-refractivity contribution >= 4 is 23.8 Å². The minimum Gasteiger partial charge on any atom is -0.478 e. The lowest BCUT2D eigenvalue weighted by Crippen LogP contribution is -1.97.